The fourth-order valence-corrected chi connectivity index (χ4v) is 4.29. The van der Waals surface area contributed by atoms with Crippen LogP contribution in [0.25, 0.3) is 0 Å². The van der Waals surface area contributed by atoms with Gasteiger partial charge in [0.1, 0.15) is 5.75 Å². The summed E-state index contributed by atoms with van der Waals surface area (Å²) < 4.78 is 5.45. The van der Waals surface area contributed by atoms with Gasteiger partial charge in [0.2, 0.25) is 5.91 Å². The number of hydrogen-bond donors (Lipinski definition) is 0. The fraction of sp³-hybridized carbons (Fsp3) is 0.400. The molecule has 4 rings (SSSR count). The molecule has 0 saturated carbocycles. The van der Waals surface area contributed by atoms with E-state index in [4.69, 9.17) is 4.74 Å². The first kappa shape index (κ1) is 18.0. The van der Waals surface area contributed by atoms with Crippen molar-refractivity contribution in [2.24, 2.45) is 0 Å². The Bertz CT molecular complexity index is 801. The van der Waals surface area contributed by atoms with Crippen LogP contribution in [0.4, 0.5) is 5.69 Å². The van der Waals surface area contributed by atoms with Crippen molar-refractivity contribution in [2.75, 3.05) is 44.2 Å². The summed E-state index contributed by atoms with van der Waals surface area (Å²) in [4.78, 5) is 32.2. The van der Waals surface area contributed by atoms with E-state index in [1.165, 1.54) is 4.88 Å². The van der Waals surface area contributed by atoms with Crippen LogP contribution in [0.1, 0.15) is 11.3 Å². The van der Waals surface area contributed by atoms with Crippen LogP contribution in [0.15, 0.2) is 41.8 Å². The van der Waals surface area contributed by atoms with Crippen molar-refractivity contribution in [1.29, 1.82) is 0 Å². The number of amides is 2. The largest absolute Gasteiger partial charge is 0.482 e. The average Bonchev–Trinajstić information content (AvgIpc) is 3.20. The Labute approximate surface area is 162 Å². The fourth-order valence-electron chi connectivity index (χ4n) is 3.54. The van der Waals surface area contributed by atoms with E-state index < -0.39 is 0 Å². The van der Waals surface area contributed by atoms with Crippen molar-refractivity contribution in [3.8, 4) is 5.75 Å². The highest BCUT2D eigenvalue weighted by atomic mass is 32.1. The number of thiophene rings is 1. The number of benzene rings is 1. The van der Waals surface area contributed by atoms with Gasteiger partial charge in [-0.05, 0) is 23.6 Å². The van der Waals surface area contributed by atoms with Gasteiger partial charge in [0.25, 0.3) is 5.91 Å². The van der Waals surface area contributed by atoms with Gasteiger partial charge in [0.15, 0.2) is 6.61 Å². The molecular weight excluding hydrogens is 362 g/mol. The molecule has 0 aliphatic carbocycles. The lowest BCUT2D eigenvalue weighted by atomic mass is 10.2. The molecule has 2 aromatic rings. The van der Waals surface area contributed by atoms with Gasteiger partial charge in [-0.2, -0.15) is 0 Å². The van der Waals surface area contributed by atoms with Crippen LogP contribution in [0.3, 0.4) is 0 Å². The summed E-state index contributed by atoms with van der Waals surface area (Å²) >= 11 is 1.77. The minimum absolute atomic E-state index is 0.0343. The molecule has 0 bridgehead atoms. The summed E-state index contributed by atoms with van der Waals surface area (Å²) in [6.07, 6.45) is 0.338. The number of carbonyl (C=O) groups excluding carboxylic acids is 2. The van der Waals surface area contributed by atoms with Crippen LogP contribution in [0, 0.1) is 0 Å². The van der Waals surface area contributed by atoms with E-state index in [0.29, 0.717) is 18.7 Å². The van der Waals surface area contributed by atoms with Gasteiger partial charge in [0, 0.05) is 50.6 Å². The third-order valence-corrected chi connectivity index (χ3v) is 5.90. The molecule has 1 aromatic heterocycles. The maximum atomic E-state index is 12.6. The lowest BCUT2D eigenvalue weighted by Gasteiger charge is -2.35. The van der Waals surface area contributed by atoms with Crippen molar-refractivity contribution in [2.45, 2.75) is 13.0 Å². The van der Waals surface area contributed by atoms with Crippen molar-refractivity contribution in [3.63, 3.8) is 0 Å². The monoisotopic (exact) mass is 385 g/mol. The van der Waals surface area contributed by atoms with Crippen LogP contribution in [-0.2, 0) is 16.1 Å². The first-order valence-electron chi connectivity index (χ1n) is 9.25. The highest BCUT2D eigenvalue weighted by molar-refractivity contribution is 7.09. The zero-order valence-corrected chi connectivity index (χ0v) is 16.0. The number of para-hydroxylation sites is 2. The standard InChI is InChI=1S/C20H23N3O3S/c24-19(22-11-9-21(10-12-22)14-16-4-3-13-27-16)7-8-23-17-5-1-2-6-18(17)26-15-20(23)25/h1-6,13H,7-12,14-15H2. The molecule has 0 unspecified atom stereocenters. The Hall–Kier alpha value is -2.38. The first-order chi connectivity index (χ1) is 13.2. The average molecular weight is 385 g/mol. The van der Waals surface area contributed by atoms with Gasteiger partial charge >= 0.3 is 0 Å². The highest BCUT2D eigenvalue weighted by Crippen LogP contribution is 2.31. The summed E-state index contributed by atoms with van der Waals surface area (Å²) in [6, 6.07) is 11.7. The Kier molecular flexibility index (Phi) is 5.40. The third kappa shape index (κ3) is 4.14. The Morgan fingerprint density at radius 1 is 1.07 bits per heavy atom. The molecule has 1 fully saturated rings. The number of ether oxygens (including phenoxy) is 1. The number of fused-ring (bicyclic) bond motifs is 1. The van der Waals surface area contributed by atoms with E-state index in [1.807, 2.05) is 29.2 Å². The number of nitrogens with zero attached hydrogens (tertiary/aromatic N) is 3. The van der Waals surface area contributed by atoms with Crippen LogP contribution in [-0.4, -0.2) is 60.9 Å². The smallest absolute Gasteiger partial charge is 0.265 e. The summed E-state index contributed by atoms with van der Waals surface area (Å²) in [7, 11) is 0. The molecule has 1 saturated heterocycles. The quantitative estimate of drug-likeness (QED) is 0.792. The molecule has 27 heavy (non-hydrogen) atoms. The number of anilines is 1. The molecule has 0 spiro atoms. The van der Waals surface area contributed by atoms with Crippen LogP contribution in [0.2, 0.25) is 0 Å². The lowest BCUT2D eigenvalue weighted by molar-refractivity contribution is -0.132. The van der Waals surface area contributed by atoms with Crippen molar-refractivity contribution < 1.29 is 14.3 Å². The predicted molar refractivity (Wildman–Crippen MR) is 105 cm³/mol. The molecule has 7 heteroatoms. The van der Waals surface area contributed by atoms with E-state index >= 15 is 0 Å². The molecule has 0 N–H and O–H groups in total. The van der Waals surface area contributed by atoms with Crippen LogP contribution in [0.5, 0.6) is 5.75 Å². The Balaban J connectivity index is 1.28. The Morgan fingerprint density at radius 2 is 1.89 bits per heavy atom. The summed E-state index contributed by atoms with van der Waals surface area (Å²) in [5.74, 6) is 0.719. The van der Waals surface area contributed by atoms with Crippen molar-refractivity contribution >= 4 is 28.8 Å². The predicted octanol–water partition coefficient (Wildman–Crippen LogP) is 2.21. The number of rotatable bonds is 5. The van der Waals surface area contributed by atoms with Crippen molar-refractivity contribution in [1.82, 2.24) is 9.80 Å². The molecule has 0 atom stereocenters. The van der Waals surface area contributed by atoms with E-state index in [0.717, 1.165) is 38.4 Å². The molecule has 3 heterocycles. The zero-order valence-electron chi connectivity index (χ0n) is 15.2. The van der Waals surface area contributed by atoms with Crippen LogP contribution < -0.4 is 9.64 Å². The summed E-state index contributed by atoms with van der Waals surface area (Å²) in [5, 5.41) is 2.10. The van der Waals surface area contributed by atoms with Gasteiger partial charge < -0.3 is 14.5 Å². The maximum Gasteiger partial charge on any atom is 0.265 e. The number of hydrogen-bond acceptors (Lipinski definition) is 5. The second-order valence-corrected chi connectivity index (χ2v) is 7.82. The molecular formula is C20H23N3O3S. The molecule has 6 nitrogen and oxygen atoms in total. The Morgan fingerprint density at radius 3 is 2.67 bits per heavy atom. The lowest BCUT2D eigenvalue weighted by Crippen LogP contribution is -2.49. The summed E-state index contributed by atoms with van der Waals surface area (Å²) in [5.41, 5.74) is 0.752. The molecule has 2 aliphatic rings. The number of piperazine rings is 1. The normalized spacial score (nSPS) is 17.6. The maximum absolute atomic E-state index is 12.6. The van der Waals surface area contributed by atoms with Gasteiger partial charge in [-0.15, -0.1) is 11.3 Å². The second-order valence-electron chi connectivity index (χ2n) is 6.79. The second kappa shape index (κ2) is 8.10. The van der Waals surface area contributed by atoms with Gasteiger partial charge in [0.05, 0.1) is 5.69 Å². The van der Waals surface area contributed by atoms with E-state index in [-0.39, 0.29) is 18.4 Å². The van der Waals surface area contributed by atoms with Crippen LogP contribution >= 0.6 is 11.3 Å². The molecule has 2 amide bonds. The van der Waals surface area contributed by atoms with E-state index in [1.54, 1.807) is 16.2 Å². The molecule has 142 valence electrons. The molecule has 2 aliphatic heterocycles. The SMILES string of the molecule is O=C(CCN1C(=O)COc2ccccc21)N1CCN(Cc2cccs2)CC1. The van der Waals surface area contributed by atoms with E-state index in [9.17, 15) is 9.59 Å². The minimum Gasteiger partial charge on any atom is -0.482 e. The molecule has 1 aromatic carbocycles. The topological polar surface area (TPSA) is 53.1 Å². The van der Waals surface area contributed by atoms with E-state index in [2.05, 4.69) is 22.4 Å². The number of carbonyl (C=O) groups is 2. The summed E-state index contributed by atoms with van der Waals surface area (Å²) in [6.45, 7) is 4.67. The molecule has 0 radical (unpaired) electrons. The van der Waals surface area contributed by atoms with Gasteiger partial charge in [-0.1, -0.05) is 18.2 Å². The minimum atomic E-state index is -0.0951. The first-order valence-corrected chi connectivity index (χ1v) is 10.1. The zero-order chi connectivity index (χ0) is 18.6. The van der Waals surface area contributed by atoms with Gasteiger partial charge in [-0.3, -0.25) is 14.5 Å². The highest BCUT2D eigenvalue weighted by Gasteiger charge is 2.27. The third-order valence-electron chi connectivity index (χ3n) is 5.04. The van der Waals surface area contributed by atoms with Crippen molar-refractivity contribution in [3.05, 3.63) is 46.7 Å². The van der Waals surface area contributed by atoms with Gasteiger partial charge in [-0.25, -0.2) is 0 Å².